The van der Waals surface area contributed by atoms with Gasteiger partial charge >= 0.3 is 0 Å². The molecule has 1 saturated carbocycles. The number of fused-ring (bicyclic) bond motifs is 4. The Labute approximate surface area is 339 Å². The van der Waals surface area contributed by atoms with Gasteiger partial charge in [-0.2, -0.15) is 11.8 Å². The molecule has 0 unspecified atom stereocenters. The van der Waals surface area contributed by atoms with E-state index in [1.54, 1.807) is 61.1 Å². The van der Waals surface area contributed by atoms with Gasteiger partial charge in [-0.25, -0.2) is 0 Å². The van der Waals surface area contributed by atoms with Crippen molar-refractivity contribution in [3.8, 4) is 5.75 Å². The van der Waals surface area contributed by atoms with Crippen molar-refractivity contribution in [1.82, 2.24) is 31.1 Å². The van der Waals surface area contributed by atoms with E-state index >= 15 is 0 Å². The maximum Gasteiger partial charge on any atom is 0.290 e. The molecule has 15 heteroatoms. The summed E-state index contributed by atoms with van der Waals surface area (Å²) in [6.45, 7) is 2.01. The van der Waals surface area contributed by atoms with Gasteiger partial charge in [-0.3, -0.25) is 33.6 Å². The highest BCUT2D eigenvalue weighted by Gasteiger charge is 2.45. The molecule has 4 bridgehead atoms. The fourth-order valence-electron chi connectivity index (χ4n) is 7.73. The van der Waals surface area contributed by atoms with Crippen LogP contribution in [0.4, 0.5) is 0 Å². The number of rotatable bonds is 12. The standard InChI is InChI=1S/C42H56N6O8S/c1-4-13-32(38(51)40(53)43-25-35(50)46-36(41(54)47(2)3)28-15-7-5-8-16-28)44-39(52)33-24-31-26-48(33)42(55)37(29-17-9-6-10-18-29)45-34(49)23-27-14-11-19-30(22-27)56-20-12-21-57-31/h5,7-8,11,14-16,19,22,29,31-33,36-37H,4,6,9-10,12-13,17-18,20-21,23-26H2,1-3H3,(H,43,53)(H,44,52)(H,45,49)(H,46,50)/t31-,32+,33+,36+,37+/m1/s1. The van der Waals surface area contributed by atoms with Gasteiger partial charge in [0.1, 0.15) is 23.9 Å². The van der Waals surface area contributed by atoms with Crippen molar-refractivity contribution in [2.24, 2.45) is 5.92 Å². The number of ketones is 1. The zero-order chi connectivity index (χ0) is 40.9. The summed E-state index contributed by atoms with van der Waals surface area (Å²) in [6.07, 6.45) is 6.26. The van der Waals surface area contributed by atoms with E-state index in [-0.39, 0.29) is 41.7 Å². The zero-order valence-corrected chi connectivity index (χ0v) is 33.9. The number of Topliss-reactive ketones (excluding diaryl/α,β-unsaturated/α-hetero) is 1. The van der Waals surface area contributed by atoms with E-state index in [1.807, 2.05) is 31.2 Å². The number of likely N-dealkylation sites (N-methyl/N-ethyl adjacent to an activating group) is 1. The van der Waals surface area contributed by atoms with E-state index < -0.39 is 54.2 Å². The number of thioether (sulfide) groups is 1. The van der Waals surface area contributed by atoms with Gasteiger partial charge in [-0.05, 0) is 67.0 Å². The second kappa shape index (κ2) is 21.0. The number of hydrogen-bond acceptors (Lipinski definition) is 9. The summed E-state index contributed by atoms with van der Waals surface area (Å²) >= 11 is 1.66. The number of ether oxygens (including phenoxy) is 1. The van der Waals surface area contributed by atoms with Crippen LogP contribution < -0.4 is 26.0 Å². The molecule has 2 aliphatic heterocycles. The number of nitrogens with zero attached hydrogens (tertiary/aromatic N) is 2. The zero-order valence-electron chi connectivity index (χ0n) is 33.1. The smallest absolute Gasteiger partial charge is 0.290 e. The third kappa shape index (κ3) is 12.0. The molecule has 1 aliphatic carbocycles. The first kappa shape index (κ1) is 43.2. The van der Waals surface area contributed by atoms with Crippen molar-refractivity contribution < 1.29 is 38.3 Å². The minimum atomic E-state index is -1.20. The van der Waals surface area contributed by atoms with Crippen LogP contribution in [0.2, 0.25) is 0 Å². The average molecular weight is 805 g/mol. The number of carbonyl (C=O) groups is 7. The summed E-state index contributed by atoms with van der Waals surface area (Å²) in [4.78, 5) is 97.7. The summed E-state index contributed by atoms with van der Waals surface area (Å²) in [6, 6.07) is 12.1. The topological polar surface area (TPSA) is 183 Å². The van der Waals surface area contributed by atoms with Gasteiger partial charge in [-0.15, -0.1) is 0 Å². The lowest BCUT2D eigenvalue weighted by atomic mass is 9.83. The van der Waals surface area contributed by atoms with Crippen LogP contribution in [-0.2, 0) is 40.0 Å². The Morgan fingerprint density at radius 3 is 2.44 bits per heavy atom. The van der Waals surface area contributed by atoms with Crippen molar-refractivity contribution in [1.29, 1.82) is 0 Å². The van der Waals surface area contributed by atoms with E-state index in [4.69, 9.17) is 4.74 Å². The Morgan fingerprint density at radius 2 is 1.72 bits per heavy atom. The normalized spacial score (nSPS) is 21.6. The molecule has 57 heavy (non-hydrogen) atoms. The second-order valence-corrected chi connectivity index (χ2v) is 16.7. The van der Waals surface area contributed by atoms with Crippen molar-refractivity contribution in [3.63, 3.8) is 0 Å². The predicted octanol–water partition coefficient (Wildman–Crippen LogP) is 2.70. The summed E-state index contributed by atoms with van der Waals surface area (Å²) in [5, 5.41) is 10.7. The van der Waals surface area contributed by atoms with Crippen LogP contribution in [0.3, 0.4) is 0 Å². The molecule has 0 aromatic heterocycles. The molecule has 6 amide bonds. The highest BCUT2D eigenvalue weighted by molar-refractivity contribution is 7.99. The largest absolute Gasteiger partial charge is 0.494 e. The number of hydrogen-bond donors (Lipinski definition) is 4. The highest BCUT2D eigenvalue weighted by Crippen LogP contribution is 2.33. The molecule has 308 valence electrons. The second-order valence-electron chi connectivity index (χ2n) is 15.2. The SMILES string of the molecule is CCC[C@H](NC(=O)[C@@H]1C[C@@H]2CN1C(=O)[C@H](C1CCCCC1)NC(=O)Cc1cccc(c1)OCCCS2)C(=O)C(=O)NCC(=O)N[C@H](C(=O)N(C)C)c1ccccc1. The maximum absolute atomic E-state index is 14.6. The average Bonchev–Trinajstić information content (AvgIpc) is 3.65. The Morgan fingerprint density at radius 1 is 0.965 bits per heavy atom. The molecule has 2 fully saturated rings. The molecule has 1 saturated heterocycles. The van der Waals surface area contributed by atoms with E-state index in [9.17, 15) is 33.6 Å². The predicted molar refractivity (Wildman–Crippen MR) is 216 cm³/mol. The minimum absolute atomic E-state index is 0.0719. The molecule has 5 atom stereocenters. The Kier molecular flexibility index (Phi) is 15.9. The lowest BCUT2D eigenvalue weighted by Crippen LogP contribution is -2.58. The summed E-state index contributed by atoms with van der Waals surface area (Å²) in [7, 11) is 3.13. The molecular weight excluding hydrogens is 749 g/mol. The molecule has 2 heterocycles. The van der Waals surface area contributed by atoms with Gasteiger partial charge in [0.05, 0.1) is 25.6 Å². The van der Waals surface area contributed by atoms with E-state index in [1.165, 1.54) is 4.90 Å². The first-order valence-electron chi connectivity index (χ1n) is 20.1. The highest BCUT2D eigenvalue weighted by atomic mass is 32.2. The van der Waals surface area contributed by atoms with Gasteiger partial charge in [0.15, 0.2) is 0 Å². The quantitative estimate of drug-likeness (QED) is 0.235. The Bertz CT molecular complexity index is 1750. The summed E-state index contributed by atoms with van der Waals surface area (Å²) in [5.41, 5.74) is 1.32. The fraction of sp³-hybridized carbons (Fsp3) is 0.548. The van der Waals surface area contributed by atoms with Gasteiger partial charge < -0.3 is 35.8 Å². The number of benzene rings is 2. The van der Waals surface area contributed by atoms with Gasteiger partial charge in [0, 0.05) is 25.9 Å². The molecule has 14 nitrogen and oxygen atoms in total. The summed E-state index contributed by atoms with van der Waals surface area (Å²) < 4.78 is 5.97. The summed E-state index contributed by atoms with van der Waals surface area (Å²) in [5.74, 6) is -2.85. The van der Waals surface area contributed by atoms with Crippen molar-refractivity contribution in [2.45, 2.75) is 101 Å². The molecule has 2 aromatic rings. The number of nitrogens with one attached hydrogen (secondary N) is 4. The first-order valence-corrected chi connectivity index (χ1v) is 21.1. The molecule has 2 aromatic carbocycles. The molecule has 3 aliphatic rings. The van der Waals surface area contributed by atoms with Gasteiger partial charge in [0.2, 0.25) is 35.3 Å². The maximum atomic E-state index is 14.6. The number of carbonyl (C=O) groups excluding carboxylic acids is 7. The van der Waals surface area contributed by atoms with Crippen LogP contribution in [0.25, 0.3) is 0 Å². The minimum Gasteiger partial charge on any atom is -0.494 e. The Balaban J connectivity index is 1.28. The van der Waals surface area contributed by atoms with Gasteiger partial charge in [0.25, 0.3) is 5.91 Å². The molecule has 0 radical (unpaired) electrons. The lowest BCUT2D eigenvalue weighted by Gasteiger charge is -2.35. The van der Waals surface area contributed by atoms with Crippen molar-refractivity contribution in [2.75, 3.05) is 39.5 Å². The van der Waals surface area contributed by atoms with Crippen LogP contribution in [0, 0.1) is 5.92 Å². The molecular formula is C42H56N6O8S. The van der Waals surface area contributed by atoms with Crippen LogP contribution in [0.1, 0.15) is 81.9 Å². The third-order valence-corrected chi connectivity index (χ3v) is 12.0. The Hall–Kier alpha value is -4.92. The first-order chi connectivity index (χ1) is 27.4. The molecule has 4 N–H and O–H groups in total. The lowest BCUT2D eigenvalue weighted by molar-refractivity contribution is -0.144. The van der Waals surface area contributed by atoms with Crippen LogP contribution in [0.5, 0.6) is 5.75 Å². The number of amides is 6. The molecule has 0 spiro atoms. The van der Waals surface area contributed by atoms with Crippen molar-refractivity contribution in [3.05, 3.63) is 65.7 Å². The van der Waals surface area contributed by atoms with Crippen LogP contribution in [-0.4, -0.2) is 114 Å². The van der Waals surface area contributed by atoms with Crippen molar-refractivity contribution >= 4 is 53.0 Å². The van der Waals surface area contributed by atoms with Gasteiger partial charge in [-0.1, -0.05) is 75.1 Å². The van der Waals surface area contributed by atoms with Crippen LogP contribution in [0.15, 0.2) is 54.6 Å². The van der Waals surface area contributed by atoms with Crippen LogP contribution >= 0.6 is 11.8 Å². The van der Waals surface area contributed by atoms with E-state index in [0.29, 0.717) is 37.3 Å². The monoisotopic (exact) mass is 804 g/mol. The van der Waals surface area contributed by atoms with E-state index in [0.717, 1.165) is 49.8 Å². The fourth-order valence-corrected chi connectivity index (χ4v) is 8.93. The van der Waals surface area contributed by atoms with E-state index in [2.05, 4.69) is 21.3 Å². The third-order valence-electron chi connectivity index (χ3n) is 10.7. The molecule has 5 rings (SSSR count).